The van der Waals surface area contributed by atoms with Crippen LogP contribution in [0, 0.1) is 0 Å². The van der Waals surface area contributed by atoms with Gasteiger partial charge in [-0.2, -0.15) is 0 Å². The first-order valence-corrected chi connectivity index (χ1v) is 6.98. The van der Waals surface area contributed by atoms with Gasteiger partial charge in [-0.15, -0.1) is 0 Å². The molecular formula is C13H25N3O. The molecule has 2 fully saturated rings. The van der Waals surface area contributed by atoms with Crippen LogP contribution in [-0.2, 0) is 4.79 Å². The van der Waals surface area contributed by atoms with Crippen molar-refractivity contribution in [3.05, 3.63) is 0 Å². The number of nitrogens with one attached hydrogen (secondary N) is 2. The van der Waals surface area contributed by atoms with Gasteiger partial charge in [-0.05, 0) is 39.2 Å². The largest absolute Gasteiger partial charge is 0.352 e. The van der Waals surface area contributed by atoms with E-state index in [9.17, 15) is 4.79 Å². The number of rotatable bonds is 5. The van der Waals surface area contributed by atoms with Crippen molar-refractivity contribution in [3.8, 4) is 0 Å². The maximum absolute atomic E-state index is 11.9. The third-order valence-corrected chi connectivity index (χ3v) is 3.87. The van der Waals surface area contributed by atoms with Gasteiger partial charge in [0.05, 0.1) is 6.04 Å². The van der Waals surface area contributed by atoms with Gasteiger partial charge in [0, 0.05) is 25.2 Å². The average molecular weight is 239 g/mol. The van der Waals surface area contributed by atoms with Gasteiger partial charge in [-0.3, -0.25) is 9.69 Å². The van der Waals surface area contributed by atoms with E-state index in [1.54, 1.807) is 0 Å². The molecule has 17 heavy (non-hydrogen) atoms. The van der Waals surface area contributed by atoms with Gasteiger partial charge < -0.3 is 10.6 Å². The van der Waals surface area contributed by atoms with Crippen LogP contribution in [0.1, 0.15) is 39.5 Å². The first kappa shape index (κ1) is 12.8. The lowest BCUT2D eigenvalue weighted by molar-refractivity contribution is -0.126. The quantitative estimate of drug-likeness (QED) is 0.743. The zero-order valence-electron chi connectivity index (χ0n) is 11.0. The Morgan fingerprint density at radius 2 is 1.88 bits per heavy atom. The minimum atomic E-state index is 0.0400. The molecule has 1 aliphatic heterocycles. The van der Waals surface area contributed by atoms with Gasteiger partial charge in [0.1, 0.15) is 0 Å². The average Bonchev–Trinajstić information content (AvgIpc) is 3.13. The molecule has 0 bridgehead atoms. The van der Waals surface area contributed by atoms with Crippen LogP contribution in [0.3, 0.4) is 0 Å². The smallest absolute Gasteiger partial charge is 0.237 e. The van der Waals surface area contributed by atoms with E-state index in [0.29, 0.717) is 12.1 Å². The summed E-state index contributed by atoms with van der Waals surface area (Å²) in [7, 11) is 0. The summed E-state index contributed by atoms with van der Waals surface area (Å²) in [5, 5.41) is 6.58. The Bertz CT molecular complexity index is 257. The van der Waals surface area contributed by atoms with Crippen LogP contribution in [0.5, 0.6) is 0 Å². The van der Waals surface area contributed by atoms with Gasteiger partial charge in [-0.25, -0.2) is 0 Å². The topological polar surface area (TPSA) is 44.4 Å². The minimum Gasteiger partial charge on any atom is -0.352 e. The summed E-state index contributed by atoms with van der Waals surface area (Å²) in [5.74, 6) is 0.217. The molecule has 2 rings (SSSR count). The van der Waals surface area contributed by atoms with Crippen molar-refractivity contribution in [2.45, 2.75) is 57.7 Å². The molecule has 98 valence electrons. The van der Waals surface area contributed by atoms with E-state index in [1.807, 2.05) is 6.92 Å². The standard InChI is InChI=1S/C13H25N3O/c1-3-14-11-6-8-16(9-7-11)10(2)13(17)15-12-4-5-12/h10-12,14H,3-9H2,1-2H3,(H,15,17). The lowest BCUT2D eigenvalue weighted by Crippen LogP contribution is -2.51. The lowest BCUT2D eigenvalue weighted by Gasteiger charge is -2.35. The highest BCUT2D eigenvalue weighted by Gasteiger charge is 2.30. The molecule has 1 aliphatic carbocycles. The molecule has 4 heteroatoms. The molecule has 2 N–H and O–H groups in total. The molecule has 1 atom stereocenters. The third kappa shape index (κ3) is 3.68. The fourth-order valence-electron chi connectivity index (χ4n) is 2.49. The molecule has 0 aromatic carbocycles. The highest BCUT2D eigenvalue weighted by atomic mass is 16.2. The van der Waals surface area contributed by atoms with Crippen molar-refractivity contribution < 1.29 is 4.79 Å². The number of amides is 1. The Balaban J connectivity index is 1.72. The fourth-order valence-corrected chi connectivity index (χ4v) is 2.49. The second kappa shape index (κ2) is 5.83. The summed E-state index contributed by atoms with van der Waals surface area (Å²) in [5.41, 5.74) is 0. The Kier molecular flexibility index (Phi) is 4.40. The van der Waals surface area contributed by atoms with Crippen molar-refractivity contribution in [2.24, 2.45) is 0 Å². The molecule has 1 unspecified atom stereocenters. The molecule has 2 aliphatic rings. The number of hydrogen-bond acceptors (Lipinski definition) is 3. The van der Waals surface area contributed by atoms with Crippen LogP contribution >= 0.6 is 0 Å². The highest BCUT2D eigenvalue weighted by Crippen LogP contribution is 2.20. The summed E-state index contributed by atoms with van der Waals surface area (Å²) in [4.78, 5) is 14.2. The van der Waals surface area contributed by atoms with Crippen molar-refractivity contribution >= 4 is 5.91 Å². The predicted octanol–water partition coefficient (Wildman–Crippen LogP) is 0.727. The van der Waals surface area contributed by atoms with E-state index >= 15 is 0 Å². The van der Waals surface area contributed by atoms with Gasteiger partial charge in [0.2, 0.25) is 5.91 Å². The van der Waals surface area contributed by atoms with Crippen LogP contribution in [-0.4, -0.2) is 48.6 Å². The summed E-state index contributed by atoms with van der Waals surface area (Å²) in [6.07, 6.45) is 4.66. The molecule has 0 aromatic heterocycles. The first-order valence-electron chi connectivity index (χ1n) is 6.98. The zero-order chi connectivity index (χ0) is 12.3. The normalized spacial score (nSPS) is 24.6. The monoisotopic (exact) mass is 239 g/mol. The molecule has 1 amide bonds. The van der Waals surface area contributed by atoms with E-state index in [-0.39, 0.29) is 11.9 Å². The van der Waals surface area contributed by atoms with Crippen LogP contribution < -0.4 is 10.6 Å². The van der Waals surface area contributed by atoms with E-state index in [2.05, 4.69) is 22.5 Å². The summed E-state index contributed by atoms with van der Waals surface area (Å²) < 4.78 is 0. The third-order valence-electron chi connectivity index (χ3n) is 3.87. The molecule has 4 nitrogen and oxygen atoms in total. The van der Waals surface area contributed by atoms with Crippen molar-refractivity contribution in [1.29, 1.82) is 0 Å². The van der Waals surface area contributed by atoms with Gasteiger partial charge in [-0.1, -0.05) is 6.92 Å². The van der Waals surface area contributed by atoms with Gasteiger partial charge in [0.15, 0.2) is 0 Å². The van der Waals surface area contributed by atoms with Gasteiger partial charge >= 0.3 is 0 Å². The molecule has 0 spiro atoms. The number of carbonyl (C=O) groups excluding carboxylic acids is 1. The number of piperidine rings is 1. The van der Waals surface area contributed by atoms with E-state index in [1.165, 1.54) is 12.8 Å². The first-order chi connectivity index (χ1) is 8.20. The van der Waals surface area contributed by atoms with E-state index in [0.717, 1.165) is 32.5 Å². The second-order valence-electron chi connectivity index (χ2n) is 5.33. The Hall–Kier alpha value is -0.610. The molecule has 1 saturated carbocycles. The molecular weight excluding hydrogens is 214 g/mol. The maximum atomic E-state index is 11.9. The maximum Gasteiger partial charge on any atom is 0.237 e. The molecule has 1 saturated heterocycles. The second-order valence-corrected chi connectivity index (χ2v) is 5.33. The molecule has 0 radical (unpaired) electrons. The molecule has 1 heterocycles. The van der Waals surface area contributed by atoms with Crippen LogP contribution in [0.2, 0.25) is 0 Å². The number of hydrogen-bond donors (Lipinski definition) is 2. The van der Waals surface area contributed by atoms with Crippen molar-refractivity contribution in [2.75, 3.05) is 19.6 Å². The fraction of sp³-hybridized carbons (Fsp3) is 0.923. The summed E-state index contributed by atoms with van der Waals surface area (Å²) >= 11 is 0. The zero-order valence-corrected chi connectivity index (χ0v) is 11.0. The van der Waals surface area contributed by atoms with E-state index < -0.39 is 0 Å². The molecule has 0 aromatic rings. The van der Waals surface area contributed by atoms with Crippen LogP contribution in [0.4, 0.5) is 0 Å². The van der Waals surface area contributed by atoms with Crippen LogP contribution in [0.15, 0.2) is 0 Å². The van der Waals surface area contributed by atoms with E-state index in [4.69, 9.17) is 0 Å². The number of likely N-dealkylation sites (tertiary alicyclic amines) is 1. The highest BCUT2D eigenvalue weighted by molar-refractivity contribution is 5.81. The summed E-state index contributed by atoms with van der Waals surface area (Å²) in [6.45, 7) is 7.31. The Labute approximate surface area is 104 Å². The number of carbonyl (C=O) groups is 1. The van der Waals surface area contributed by atoms with Gasteiger partial charge in [0.25, 0.3) is 0 Å². The van der Waals surface area contributed by atoms with Crippen LogP contribution in [0.25, 0.3) is 0 Å². The Morgan fingerprint density at radius 1 is 1.24 bits per heavy atom. The Morgan fingerprint density at radius 3 is 2.41 bits per heavy atom. The number of nitrogens with zero attached hydrogens (tertiary/aromatic N) is 1. The predicted molar refractivity (Wildman–Crippen MR) is 68.9 cm³/mol. The van der Waals surface area contributed by atoms with Crippen molar-refractivity contribution in [1.82, 2.24) is 15.5 Å². The summed E-state index contributed by atoms with van der Waals surface area (Å²) in [6, 6.07) is 1.16. The SMILES string of the molecule is CCNC1CCN(C(C)C(=O)NC2CC2)CC1. The van der Waals surface area contributed by atoms with Crippen molar-refractivity contribution in [3.63, 3.8) is 0 Å². The lowest BCUT2D eigenvalue weighted by atomic mass is 10.0. The minimum absolute atomic E-state index is 0.0400.